The van der Waals surface area contributed by atoms with Crippen LogP contribution in [0, 0.1) is 18.8 Å². The van der Waals surface area contributed by atoms with E-state index in [0.717, 1.165) is 38.5 Å². The zero-order valence-corrected chi connectivity index (χ0v) is 15.0. The Balaban J connectivity index is 1.95. The van der Waals surface area contributed by atoms with E-state index in [9.17, 15) is 9.59 Å². The van der Waals surface area contributed by atoms with Crippen LogP contribution in [-0.2, 0) is 9.59 Å². The molecule has 1 saturated carbocycles. The van der Waals surface area contributed by atoms with Gasteiger partial charge in [-0.05, 0) is 38.5 Å². The number of hydrogen-bond acceptors (Lipinski definition) is 4. The first kappa shape index (κ1) is 18.5. The lowest BCUT2D eigenvalue weighted by Crippen LogP contribution is -2.42. The number of nitrogens with one attached hydrogen (secondary N) is 1. The second-order valence-corrected chi connectivity index (χ2v) is 6.78. The Morgan fingerprint density at radius 3 is 2.71 bits per heavy atom. The monoisotopic (exact) mass is 335 g/mol. The van der Waals surface area contributed by atoms with E-state index in [1.54, 1.807) is 17.9 Å². The minimum atomic E-state index is -0.220. The van der Waals surface area contributed by atoms with E-state index in [0.29, 0.717) is 24.0 Å². The van der Waals surface area contributed by atoms with Gasteiger partial charge in [0.15, 0.2) is 5.82 Å². The molecule has 134 valence electrons. The molecule has 0 aromatic carbocycles. The molecule has 0 saturated heterocycles. The summed E-state index contributed by atoms with van der Waals surface area (Å²) < 4.78 is 4.95. The molecule has 0 aliphatic heterocycles. The highest BCUT2D eigenvalue weighted by Crippen LogP contribution is 2.30. The molecule has 2 amide bonds. The fourth-order valence-corrected chi connectivity index (χ4v) is 2.84. The molecule has 1 N–H and O–H groups in total. The zero-order valence-electron chi connectivity index (χ0n) is 15.0. The summed E-state index contributed by atoms with van der Waals surface area (Å²) >= 11 is 0. The molecular weight excluding hydrogens is 306 g/mol. The lowest BCUT2D eigenvalue weighted by atomic mass is 9.97. The number of rotatable bonds is 10. The fourth-order valence-electron chi connectivity index (χ4n) is 2.84. The second kappa shape index (κ2) is 8.85. The molecule has 1 aliphatic carbocycles. The van der Waals surface area contributed by atoms with Crippen LogP contribution in [0.15, 0.2) is 10.6 Å². The maximum Gasteiger partial charge on any atom is 0.245 e. The van der Waals surface area contributed by atoms with E-state index in [2.05, 4.69) is 17.4 Å². The SMILES string of the molecule is CCCCC(CC)C(=O)N(CC(=O)Nc1cc(C)on1)CC1CC1. The summed E-state index contributed by atoms with van der Waals surface area (Å²) in [6.45, 7) is 6.72. The van der Waals surface area contributed by atoms with Crippen molar-refractivity contribution in [1.29, 1.82) is 0 Å². The van der Waals surface area contributed by atoms with Crippen LogP contribution in [-0.4, -0.2) is 35.0 Å². The molecular formula is C18H29N3O3. The number of carbonyl (C=O) groups excluding carboxylic acids is 2. The molecule has 1 aliphatic rings. The van der Waals surface area contributed by atoms with Crippen LogP contribution < -0.4 is 5.32 Å². The number of carbonyl (C=O) groups is 2. The van der Waals surface area contributed by atoms with E-state index in [4.69, 9.17) is 4.52 Å². The predicted octanol–water partition coefficient (Wildman–Crippen LogP) is 3.38. The van der Waals surface area contributed by atoms with Gasteiger partial charge in [0.25, 0.3) is 0 Å². The van der Waals surface area contributed by atoms with Crippen molar-refractivity contribution in [3.05, 3.63) is 11.8 Å². The van der Waals surface area contributed by atoms with Gasteiger partial charge in [-0.25, -0.2) is 0 Å². The molecule has 1 atom stereocenters. The second-order valence-electron chi connectivity index (χ2n) is 6.78. The first-order chi connectivity index (χ1) is 11.5. The number of amides is 2. The summed E-state index contributed by atoms with van der Waals surface area (Å²) in [7, 11) is 0. The Hall–Kier alpha value is -1.85. The smallest absolute Gasteiger partial charge is 0.245 e. The Morgan fingerprint density at radius 2 is 2.17 bits per heavy atom. The van der Waals surface area contributed by atoms with E-state index in [-0.39, 0.29) is 24.3 Å². The van der Waals surface area contributed by atoms with Crippen LogP contribution in [0.3, 0.4) is 0 Å². The van der Waals surface area contributed by atoms with Crippen LogP contribution in [0.25, 0.3) is 0 Å². The average Bonchev–Trinajstić information content (AvgIpc) is 3.28. The van der Waals surface area contributed by atoms with Gasteiger partial charge in [0.1, 0.15) is 5.76 Å². The molecule has 1 unspecified atom stereocenters. The third kappa shape index (κ3) is 5.65. The molecule has 0 radical (unpaired) electrons. The summed E-state index contributed by atoms with van der Waals surface area (Å²) in [5.41, 5.74) is 0. The van der Waals surface area contributed by atoms with Crippen molar-refractivity contribution < 1.29 is 14.1 Å². The van der Waals surface area contributed by atoms with Gasteiger partial charge < -0.3 is 14.7 Å². The number of aromatic nitrogens is 1. The van der Waals surface area contributed by atoms with E-state index in [1.807, 2.05) is 6.92 Å². The summed E-state index contributed by atoms with van der Waals surface area (Å²) in [4.78, 5) is 26.9. The number of nitrogens with zero attached hydrogens (tertiary/aromatic N) is 2. The van der Waals surface area contributed by atoms with E-state index >= 15 is 0 Å². The normalized spacial score (nSPS) is 15.1. The van der Waals surface area contributed by atoms with Gasteiger partial charge in [-0.2, -0.15) is 0 Å². The van der Waals surface area contributed by atoms with E-state index < -0.39 is 0 Å². The predicted molar refractivity (Wildman–Crippen MR) is 92.5 cm³/mol. The van der Waals surface area contributed by atoms with Crippen molar-refractivity contribution in [2.75, 3.05) is 18.4 Å². The summed E-state index contributed by atoms with van der Waals surface area (Å²) in [6, 6.07) is 1.67. The van der Waals surface area contributed by atoms with Crippen LogP contribution in [0.1, 0.15) is 58.1 Å². The average molecular weight is 335 g/mol. The van der Waals surface area contributed by atoms with Gasteiger partial charge in [-0.15, -0.1) is 0 Å². The molecule has 6 heteroatoms. The van der Waals surface area contributed by atoms with Gasteiger partial charge in [0, 0.05) is 18.5 Å². The highest BCUT2D eigenvalue weighted by atomic mass is 16.5. The standard InChI is InChI=1S/C18H29N3O3/c1-4-6-7-15(5-2)18(23)21(11-14-8-9-14)12-17(22)19-16-10-13(3)24-20-16/h10,14-15H,4-9,11-12H2,1-3H3,(H,19,20,22). The number of aryl methyl sites for hydroxylation is 1. The van der Waals surface area contributed by atoms with Gasteiger partial charge >= 0.3 is 0 Å². The first-order valence-corrected chi connectivity index (χ1v) is 9.05. The van der Waals surface area contributed by atoms with Crippen LogP contribution in [0.5, 0.6) is 0 Å². The Morgan fingerprint density at radius 1 is 1.42 bits per heavy atom. The van der Waals surface area contributed by atoms with Gasteiger partial charge in [0.05, 0.1) is 6.54 Å². The molecule has 2 rings (SSSR count). The third-order valence-corrected chi connectivity index (χ3v) is 4.47. The van der Waals surface area contributed by atoms with E-state index in [1.165, 1.54) is 0 Å². The molecule has 1 aromatic heterocycles. The molecule has 6 nitrogen and oxygen atoms in total. The largest absolute Gasteiger partial charge is 0.360 e. The number of hydrogen-bond donors (Lipinski definition) is 1. The summed E-state index contributed by atoms with van der Waals surface area (Å²) in [5.74, 6) is 1.51. The van der Waals surface area contributed by atoms with Crippen molar-refractivity contribution in [3.63, 3.8) is 0 Å². The third-order valence-electron chi connectivity index (χ3n) is 4.47. The van der Waals surface area contributed by atoms with Crippen molar-refractivity contribution in [2.45, 2.75) is 59.3 Å². The maximum atomic E-state index is 12.8. The Kier molecular flexibility index (Phi) is 6.82. The molecule has 24 heavy (non-hydrogen) atoms. The first-order valence-electron chi connectivity index (χ1n) is 9.05. The minimum absolute atomic E-state index is 0.0193. The van der Waals surface area contributed by atoms with Crippen molar-refractivity contribution in [2.24, 2.45) is 11.8 Å². The topological polar surface area (TPSA) is 75.4 Å². The Labute approximate surface area is 143 Å². The molecule has 0 spiro atoms. The van der Waals surface area contributed by atoms with Crippen molar-refractivity contribution >= 4 is 17.6 Å². The Bertz CT molecular complexity index is 551. The molecule has 1 aromatic rings. The highest BCUT2D eigenvalue weighted by molar-refractivity contribution is 5.94. The highest BCUT2D eigenvalue weighted by Gasteiger charge is 2.30. The van der Waals surface area contributed by atoms with Gasteiger partial charge in [-0.1, -0.05) is 31.8 Å². The van der Waals surface area contributed by atoms with Crippen LogP contribution in [0.2, 0.25) is 0 Å². The number of unbranched alkanes of at least 4 members (excludes halogenated alkanes) is 1. The fraction of sp³-hybridized carbons (Fsp3) is 0.722. The van der Waals surface area contributed by atoms with Gasteiger partial charge in [0.2, 0.25) is 11.8 Å². The van der Waals surface area contributed by atoms with Gasteiger partial charge in [-0.3, -0.25) is 9.59 Å². The van der Waals surface area contributed by atoms with Crippen molar-refractivity contribution in [3.8, 4) is 0 Å². The minimum Gasteiger partial charge on any atom is -0.360 e. The summed E-state index contributed by atoms with van der Waals surface area (Å²) in [6.07, 6.45) is 6.16. The zero-order chi connectivity index (χ0) is 17.5. The number of anilines is 1. The van der Waals surface area contributed by atoms with Crippen LogP contribution >= 0.6 is 0 Å². The molecule has 0 bridgehead atoms. The maximum absolute atomic E-state index is 12.8. The lowest BCUT2D eigenvalue weighted by molar-refractivity contribution is -0.139. The van der Waals surface area contributed by atoms with Crippen LogP contribution in [0.4, 0.5) is 5.82 Å². The molecule has 1 fully saturated rings. The quantitative estimate of drug-likeness (QED) is 0.711. The lowest BCUT2D eigenvalue weighted by Gasteiger charge is -2.26. The molecule has 1 heterocycles. The summed E-state index contributed by atoms with van der Waals surface area (Å²) in [5, 5.41) is 6.47. The van der Waals surface area contributed by atoms with Crippen molar-refractivity contribution in [1.82, 2.24) is 10.1 Å².